The van der Waals surface area contributed by atoms with Crippen molar-refractivity contribution in [3.05, 3.63) is 56.7 Å². The molecule has 5 heteroatoms. The van der Waals surface area contributed by atoms with Gasteiger partial charge in [-0.2, -0.15) is 0 Å². The molecule has 1 fully saturated rings. The van der Waals surface area contributed by atoms with Crippen LogP contribution in [0.4, 0.5) is 0 Å². The van der Waals surface area contributed by atoms with Gasteiger partial charge in [0.15, 0.2) is 0 Å². The standard InChI is InChI=1S/C20H25ClN2OS/c1-14-3-8-19(25-14)15(2)20(24)22-18-9-11-23(12-10-18)13-16-4-6-17(21)7-5-16/h3-8,15,18H,9-13H2,1-2H3,(H,22,24)/t15-/m1/s1. The van der Waals surface area contributed by atoms with Crippen LogP contribution >= 0.6 is 22.9 Å². The Morgan fingerprint density at radius 2 is 1.92 bits per heavy atom. The summed E-state index contributed by atoms with van der Waals surface area (Å²) in [7, 11) is 0. The maximum Gasteiger partial charge on any atom is 0.228 e. The van der Waals surface area contributed by atoms with Crippen LogP contribution in [-0.2, 0) is 11.3 Å². The lowest BCUT2D eigenvalue weighted by molar-refractivity contribution is -0.123. The SMILES string of the molecule is Cc1ccc([C@@H](C)C(=O)NC2CCN(Cc3ccc(Cl)cc3)CC2)s1. The second-order valence-corrected chi connectivity index (χ2v) is 8.61. The Morgan fingerprint density at radius 3 is 2.52 bits per heavy atom. The Labute approximate surface area is 159 Å². The monoisotopic (exact) mass is 376 g/mol. The highest BCUT2D eigenvalue weighted by molar-refractivity contribution is 7.12. The third kappa shape index (κ3) is 5.06. The first kappa shape index (κ1) is 18.4. The smallest absolute Gasteiger partial charge is 0.228 e. The molecule has 0 aliphatic carbocycles. The summed E-state index contributed by atoms with van der Waals surface area (Å²) in [6, 6.07) is 12.5. The lowest BCUT2D eigenvalue weighted by Gasteiger charge is -2.32. The minimum atomic E-state index is -0.0641. The van der Waals surface area contributed by atoms with Crippen LogP contribution in [0.15, 0.2) is 36.4 Å². The van der Waals surface area contributed by atoms with Crippen molar-refractivity contribution in [3.63, 3.8) is 0 Å². The van der Waals surface area contributed by atoms with E-state index in [1.807, 2.05) is 19.1 Å². The number of carbonyl (C=O) groups is 1. The van der Waals surface area contributed by atoms with Gasteiger partial charge in [0.1, 0.15) is 0 Å². The van der Waals surface area contributed by atoms with Crippen LogP contribution in [-0.4, -0.2) is 29.9 Å². The number of amides is 1. The third-order valence-corrected chi connectivity index (χ3v) is 6.27. The summed E-state index contributed by atoms with van der Waals surface area (Å²) < 4.78 is 0. The number of aryl methyl sites for hydroxylation is 1. The number of carbonyl (C=O) groups excluding carboxylic acids is 1. The third-order valence-electron chi connectivity index (χ3n) is 4.83. The predicted octanol–water partition coefficient (Wildman–Crippen LogP) is 4.59. The number of rotatable bonds is 5. The number of likely N-dealkylation sites (tertiary alicyclic amines) is 1. The zero-order valence-corrected chi connectivity index (χ0v) is 16.4. The minimum absolute atomic E-state index is 0.0641. The second-order valence-electron chi connectivity index (χ2n) is 6.86. The van der Waals surface area contributed by atoms with E-state index in [1.165, 1.54) is 10.4 Å². The molecule has 0 saturated carbocycles. The molecule has 25 heavy (non-hydrogen) atoms. The number of piperidine rings is 1. The van der Waals surface area contributed by atoms with E-state index in [4.69, 9.17) is 11.6 Å². The molecule has 1 atom stereocenters. The number of thiophene rings is 1. The Morgan fingerprint density at radius 1 is 1.24 bits per heavy atom. The van der Waals surface area contributed by atoms with Crippen molar-refractivity contribution < 1.29 is 4.79 Å². The van der Waals surface area contributed by atoms with E-state index >= 15 is 0 Å². The highest BCUT2D eigenvalue weighted by atomic mass is 35.5. The highest BCUT2D eigenvalue weighted by Gasteiger charge is 2.24. The van der Waals surface area contributed by atoms with Crippen molar-refractivity contribution in [1.29, 1.82) is 0 Å². The zero-order chi connectivity index (χ0) is 17.8. The van der Waals surface area contributed by atoms with Crippen LogP contribution in [0.5, 0.6) is 0 Å². The van der Waals surface area contributed by atoms with Gasteiger partial charge in [-0.15, -0.1) is 11.3 Å². The van der Waals surface area contributed by atoms with Crippen LogP contribution in [0.1, 0.15) is 41.0 Å². The topological polar surface area (TPSA) is 32.3 Å². The molecule has 0 radical (unpaired) electrons. The summed E-state index contributed by atoms with van der Waals surface area (Å²) in [6.07, 6.45) is 2.02. The van der Waals surface area contributed by atoms with Gasteiger partial charge in [0.2, 0.25) is 5.91 Å². The molecule has 2 heterocycles. The van der Waals surface area contributed by atoms with Gasteiger partial charge in [-0.25, -0.2) is 0 Å². The maximum absolute atomic E-state index is 12.5. The van der Waals surface area contributed by atoms with Crippen molar-refractivity contribution in [3.8, 4) is 0 Å². The van der Waals surface area contributed by atoms with Crippen LogP contribution in [0.25, 0.3) is 0 Å². The average molecular weight is 377 g/mol. The minimum Gasteiger partial charge on any atom is -0.353 e. The van der Waals surface area contributed by atoms with Gasteiger partial charge >= 0.3 is 0 Å². The molecule has 1 N–H and O–H groups in total. The Bertz CT molecular complexity index is 705. The van der Waals surface area contributed by atoms with Gasteiger partial charge < -0.3 is 5.32 Å². The fraction of sp³-hybridized carbons (Fsp3) is 0.450. The summed E-state index contributed by atoms with van der Waals surface area (Å²) in [6.45, 7) is 7.05. The van der Waals surface area contributed by atoms with Gasteiger partial charge in [0, 0.05) is 40.5 Å². The Kier molecular flexibility index (Phi) is 6.15. The van der Waals surface area contributed by atoms with Crippen LogP contribution < -0.4 is 5.32 Å². The molecule has 2 aromatic rings. The molecule has 1 aliphatic heterocycles. The first-order valence-electron chi connectivity index (χ1n) is 8.85. The second kappa shape index (κ2) is 8.35. The lowest BCUT2D eigenvalue weighted by atomic mass is 10.0. The van der Waals surface area contributed by atoms with Gasteiger partial charge in [0.05, 0.1) is 5.92 Å². The molecule has 1 amide bonds. The first-order valence-corrected chi connectivity index (χ1v) is 10.0. The number of halogens is 1. The number of hydrogen-bond donors (Lipinski definition) is 1. The van der Waals surface area contributed by atoms with Crippen LogP contribution in [0, 0.1) is 6.92 Å². The zero-order valence-electron chi connectivity index (χ0n) is 14.8. The van der Waals surface area contributed by atoms with Crippen molar-refractivity contribution in [2.45, 2.75) is 45.2 Å². The predicted molar refractivity (Wildman–Crippen MR) is 105 cm³/mol. The normalized spacial score (nSPS) is 17.4. The Balaban J connectivity index is 1.45. The quantitative estimate of drug-likeness (QED) is 0.827. The molecule has 1 aliphatic rings. The van der Waals surface area contributed by atoms with Crippen molar-refractivity contribution in [1.82, 2.24) is 10.2 Å². The molecular weight excluding hydrogens is 352 g/mol. The summed E-state index contributed by atoms with van der Waals surface area (Å²) in [5, 5.41) is 4.02. The van der Waals surface area contributed by atoms with Gasteiger partial charge in [0.25, 0.3) is 0 Å². The number of nitrogens with zero attached hydrogens (tertiary/aromatic N) is 1. The van der Waals surface area contributed by atoms with E-state index in [0.717, 1.165) is 42.4 Å². The van der Waals surface area contributed by atoms with E-state index in [0.29, 0.717) is 0 Å². The molecular formula is C20H25ClN2OS. The van der Waals surface area contributed by atoms with Crippen LogP contribution in [0.2, 0.25) is 5.02 Å². The van der Waals surface area contributed by atoms with E-state index in [2.05, 4.69) is 41.4 Å². The summed E-state index contributed by atoms with van der Waals surface area (Å²) in [5.74, 6) is 0.0869. The number of nitrogens with one attached hydrogen (secondary N) is 1. The van der Waals surface area contributed by atoms with Crippen molar-refractivity contribution in [2.24, 2.45) is 0 Å². The first-order chi connectivity index (χ1) is 12.0. The van der Waals surface area contributed by atoms with E-state index in [9.17, 15) is 4.79 Å². The molecule has 1 saturated heterocycles. The van der Waals surface area contributed by atoms with Crippen molar-refractivity contribution >= 4 is 28.8 Å². The molecule has 3 nitrogen and oxygen atoms in total. The molecule has 1 aromatic carbocycles. The molecule has 3 rings (SSSR count). The van der Waals surface area contributed by atoms with E-state index in [1.54, 1.807) is 11.3 Å². The molecule has 1 aromatic heterocycles. The molecule has 0 unspecified atom stereocenters. The van der Waals surface area contributed by atoms with Crippen molar-refractivity contribution in [2.75, 3.05) is 13.1 Å². The Hall–Kier alpha value is -1.36. The summed E-state index contributed by atoms with van der Waals surface area (Å²) in [5.41, 5.74) is 1.29. The average Bonchev–Trinajstić information content (AvgIpc) is 3.04. The maximum atomic E-state index is 12.5. The van der Waals surface area contributed by atoms with Gasteiger partial charge in [-0.3, -0.25) is 9.69 Å². The van der Waals surface area contributed by atoms with Crippen LogP contribution in [0.3, 0.4) is 0 Å². The number of benzene rings is 1. The largest absolute Gasteiger partial charge is 0.353 e. The molecule has 0 spiro atoms. The summed E-state index contributed by atoms with van der Waals surface area (Å²) in [4.78, 5) is 17.3. The fourth-order valence-corrected chi connectivity index (χ4v) is 4.28. The summed E-state index contributed by atoms with van der Waals surface area (Å²) >= 11 is 7.65. The van der Waals surface area contributed by atoms with Gasteiger partial charge in [-0.05, 0) is 56.5 Å². The number of hydrogen-bond acceptors (Lipinski definition) is 3. The fourth-order valence-electron chi connectivity index (χ4n) is 3.22. The lowest BCUT2D eigenvalue weighted by Crippen LogP contribution is -2.45. The molecule has 0 bridgehead atoms. The van der Waals surface area contributed by atoms with E-state index < -0.39 is 0 Å². The highest BCUT2D eigenvalue weighted by Crippen LogP contribution is 2.25. The van der Waals surface area contributed by atoms with Gasteiger partial charge in [-0.1, -0.05) is 23.7 Å². The van der Waals surface area contributed by atoms with E-state index in [-0.39, 0.29) is 17.9 Å². The molecule has 134 valence electrons.